The van der Waals surface area contributed by atoms with Crippen LogP contribution in [-0.4, -0.2) is 31.0 Å². The fraction of sp³-hybridized carbons (Fsp3) is 0.952. The van der Waals surface area contributed by atoms with Crippen LogP contribution in [0, 0.1) is 12.5 Å². The maximum atomic E-state index is 6.33. The van der Waals surface area contributed by atoms with Crippen molar-refractivity contribution < 1.29 is 4.74 Å². The van der Waals surface area contributed by atoms with E-state index in [1.165, 1.54) is 57.8 Å². The van der Waals surface area contributed by atoms with Crippen molar-refractivity contribution in [2.45, 2.75) is 115 Å². The predicted octanol–water partition coefficient (Wildman–Crippen LogP) is 4.10. The van der Waals surface area contributed by atoms with Crippen LogP contribution in [0.15, 0.2) is 0 Å². The lowest BCUT2D eigenvalue weighted by atomic mass is 9.86. The predicted molar refractivity (Wildman–Crippen MR) is 106 cm³/mol. The third-order valence-corrected chi connectivity index (χ3v) is 5.93. The Labute approximate surface area is 156 Å². The molecular weight excluding hydrogens is 310 g/mol. The van der Waals surface area contributed by atoms with Gasteiger partial charge in [-0.3, -0.25) is 10.6 Å². The van der Waals surface area contributed by atoms with Gasteiger partial charge in [0.25, 0.3) is 0 Å². The van der Waals surface area contributed by atoms with Crippen LogP contribution >= 0.6 is 0 Å². The van der Waals surface area contributed by atoms with E-state index >= 15 is 0 Å². The lowest BCUT2D eigenvalue weighted by molar-refractivity contribution is -0.00920. The van der Waals surface area contributed by atoms with E-state index in [0.717, 1.165) is 25.9 Å². The minimum absolute atomic E-state index is 0.404. The number of hydrogen-bond acceptors (Lipinski definition) is 4. The molecule has 3 atom stereocenters. The molecule has 2 rings (SSSR count). The Balaban J connectivity index is 1.79. The van der Waals surface area contributed by atoms with Crippen LogP contribution in [-0.2, 0) is 4.74 Å². The molecule has 1 saturated carbocycles. The number of nitrogens with one attached hydrogen (secondary N) is 2. The third kappa shape index (κ3) is 7.94. The highest BCUT2D eigenvalue weighted by Crippen LogP contribution is 2.28. The van der Waals surface area contributed by atoms with Crippen molar-refractivity contribution in [2.75, 3.05) is 6.61 Å². The first-order valence-corrected chi connectivity index (χ1v) is 10.9. The Morgan fingerprint density at radius 2 is 1.88 bits per heavy atom. The lowest BCUT2D eigenvalue weighted by Gasteiger charge is -2.38. The van der Waals surface area contributed by atoms with Crippen molar-refractivity contribution in [2.24, 2.45) is 11.7 Å². The van der Waals surface area contributed by atoms with Crippen molar-refractivity contribution in [3.63, 3.8) is 0 Å². The third-order valence-electron chi connectivity index (χ3n) is 5.93. The fourth-order valence-corrected chi connectivity index (χ4v) is 4.25. The largest absolute Gasteiger partial charge is 0.378 e. The van der Waals surface area contributed by atoms with E-state index in [2.05, 4.69) is 31.0 Å². The molecule has 0 spiro atoms. The summed E-state index contributed by atoms with van der Waals surface area (Å²) in [6.07, 6.45) is 15.5. The molecule has 4 nitrogen and oxygen atoms in total. The monoisotopic (exact) mass is 352 g/mol. The molecule has 4 N–H and O–H groups in total. The molecule has 1 heterocycles. The smallest absolute Gasteiger partial charge is 0.0604 e. The van der Waals surface area contributed by atoms with Crippen LogP contribution in [0.1, 0.15) is 90.9 Å². The molecule has 0 bridgehead atoms. The van der Waals surface area contributed by atoms with E-state index in [9.17, 15) is 0 Å². The summed E-state index contributed by atoms with van der Waals surface area (Å²) in [7, 11) is 0. The van der Waals surface area contributed by atoms with Gasteiger partial charge in [0.15, 0.2) is 0 Å². The summed E-state index contributed by atoms with van der Waals surface area (Å²) < 4.78 is 6.33. The fourth-order valence-electron chi connectivity index (χ4n) is 4.25. The van der Waals surface area contributed by atoms with Crippen molar-refractivity contribution in [1.29, 1.82) is 0 Å². The van der Waals surface area contributed by atoms with E-state index in [1.54, 1.807) is 0 Å². The summed E-state index contributed by atoms with van der Waals surface area (Å²) in [5.74, 6) is 0.651. The summed E-state index contributed by atoms with van der Waals surface area (Å²) in [5, 5.41) is 7.42. The molecule has 1 aliphatic heterocycles. The summed E-state index contributed by atoms with van der Waals surface area (Å²) in [6, 6.07) is 1.05. The summed E-state index contributed by atoms with van der Waals surface area (Å²) >= 11 is 0. The van der Waals surface area contributed by atoms with Crippen LogP contribution in [0.25, 0.3) is 0 Å². The second kappa shape index (κ2) is 12.3. The zero-order valence-corrected chi connectivity index (χ0v) is 16.6. The van der Waals surface area contributed by atoms with Gasteiger partial charge in [-0.05, 0) is 57.3 Å². The van der Waals surface area contributed by atoms with Crippen molar-refractivity contribution >= 4 is 0 Å². The van der Waals surface area contributed by atoms with E-state index < -0.39 is 0 Å². The van der Waals surface area contributed by atoms with Crippen LogP contribution in [0.2, 0.25) is 0 Å². The van der Waals surface area contributed by atoms with E-state index in [-0.39, 0.29) is 0 Å². The summed E-state index contributed by atoms with van der Waals surface area (Å²) in [5.41, 5.74) is 6.04. The molecule has 0 amide bonds. The first kappa shape index (κ1) is 21.1. The standard InChI is InChI=1S/C21H42N3O/c1-3-5-7-8-20(25-15-6-4-2)17-13-14-23-21(16-17)24-19-11-9-18(22)10-12-19/h14,17-21,23-24H,3-13,15-16,22H2,1-2H3. The van der Waals surface area contributed by atoms with Crippen LogP contribution in [0.4, 0.5) is 0 Å². The molecule has 1 aliphatic carbocycles. The maximum absolute atomic E-state index is 6.33. The van der Waals surface area contributed by atoms with Crippen LogP contribution in [0.3, 0.4) is 0 Å². The van der Waals surface area contributed by atoms with E-state index in [1.807, 2.05) is 0 Å². The SMILES string of the molecule is CCCCCC(OCCCC)C1C[CH]NC(NC2CCC(N)CC2)C1. The Hall–Kier alpha value is -0.160. The number of nitrogens with two attached hydrogens (primary N) is 1. The Kier molecular flexibility index (Phi) is 10.4. The van der Waals surface area contributed by atoms with Gasteiger partial charge < -0.3 is 10.5 Å². The number of unbranched alkanes of at least 4 members (excludes halogenated alkanes) is 3. The Morgan fingerprint density at radius 1 is 1.12 bits per heavy atom. The topological polar surface area (TPSA) is 59.3 Å². The van der Waals surface area contributed by atoms with Crippen molar-refractivity contribution in [3.05, 3.63) is 6.54 Å². The minimum atomic E-state index is 0.404. The molecule has 2 aliphatic rings. The second-order valence-corrected chi connectivity index (χ2v) is 8.19. The molecule has 147 valence electrons. The maximum Gasteiger partial charge on any atom is 0.0604 e. The van der Waals surface area contributed by atoms with Crippen molar-refractivity contribution in [1.82, 2.24) is 10.6 Å². The average Bonchev–Trinajstić information content (AvgIpc) is 2.63. The van der Waals surface area contributed by atoms with Gasteiger partial charge in [-0.2, -0.15) is 0 Å². The molecule has 0 aromatic heterocycles. The molecular formula is C21H42N3O. The van der Waals surface area contributed by atoms with Crippen LogP contribution in [0.5, 0.6) is 0 Å². The van der Waals surface area contributed by atoms with Gasteiger partial charge in [0.2, 0.25) is 0 Å². The van der Waals surface area contributed by atoms with Gasteiger partial charge >= 0.3 is 0 Å². The average molecular weight is 353 g/mol. The molecule has 3 unspecified atom stereocenters. The molecule has 0 aromatic rings. The highest BCUT2D eigenvalue weighted by Gasteiger charge is 2.30. The first-order valence-electron chi connectivity index (χ1n) is 10.9. The molecule has 0 aromatic carbocycles. The Morgan fingerprint density at radius 3 is 2.60 bits per heavy atom. The quantitative estimate of drug-likeness (QED) is 0.490. The zero-order chi connectivity index (χ0) is 17.9. The minimum Gasteiger partial charge on any atom is -0.378 e. The van der Waals surface area contributed by atoms with Gasteiger partial charge in [-0.15, -0.1) is 0 Å². The van der Waals surface area contributed by atoms with Crippen molar-refractivity contribution in [3.8, 4) is 0 Å². The Bertz CT molecular complexity index is 321. The molecule has 4 heteroatoms. The highest BCUT2D eigenvalue weighted by atomic mass is 16.5. The van der Waals surface area contributed by atoms with E-state index in [0.29, 0.717) is 30.3 Å². The number of rotatable bonds is 11. The highest BCUT2D eigenvalue weighted by molar-refractivity contribution is 4.90. The zero-order valence-electron chi connectivity index (χ0n) is 16.6. The summed E-state index contributed by atoms with van der Waals surface area (Å²) in [6.45, 7) is 7.72. The number of piperidine rings is 1. The lowest BCUT2D eigenvalue weighted by Crippen LogP contribution is -2.52. The second-order valence-electron chi connectivity index (χ2n) is 8.19. The van der Waals surface area contributed by atoms with Gasteiger partial charge in [0, 0.05) is 25.2 Å². The van der Waals surface area contributed by atoms with Gasteiger partial charge in [-0.1, -0.05) is 39.5 Å². The molecule has 2 fully saturated rings. The normalized spacial score (nSPS) is 31.8. The summed E-state index contributed by atoms with van der Waals surface area (Å²) in [4.78, 5) is 0. The number of ether oxygens (including phenoxy) is 1. The first-order chi connectivity index (χ1) is 12.2. The molecule has 25 heavy (non-hydrogen) atoms. The van der Waals surface area contributed by atoms with Gasteiger partial charge in [0.05, 0.1) is 12.3 Å². The number of hydrogen-bond donors (Lipinski definition) is 3. The van der Waals surface area contributed by atoms with Gasteiger partial charge in [0.1, 0.15) is 0 Å². The van der Waals surface area contributed by atoms with E-state index in [4.69, 9.17) is 10.5 Å². The molecule has 1 radical (unpaired) electrons. The van der Waals surface area contributed by atoms with Gasteiger partial charge in [-0.25, -0.2) is 0 Å². The van der Waals surface area contributed by atoms with Crippen LogP contribution < -0.4 is 16.4 Å². The molecule has 1 saturated heterocycles.